The molecule has 0 bridgehead atoms. The van der Waals surface area contributed by atoms with Crippen molar-refractivity contribution in [2.45, 2.75) is 0 Å². The summed E-state index contributed by atoms with van der Waals surface area (Å²) in [6, 6.07) is 11.6. The van der Waals surface area contributed by atoms with Crippen LogP contribution in [0.25, 0.3) is 6.08 Å². The van der Waals surface area contributed by atoms with Gasteiger partial charge in [-0.3, -0.25) is 19.7 Å². The van der Waals surface area contributed by atoms with Crippen molar-refractivity contribution < 1.29 is 24.1 Å². The highest BCUT2D eigenvalue weighted by Gasteiger charge is 2.38. The maximum absolute atomic E-state index is 12.1. The molecule has 8 nitrogen and oxygen atoms in total. The third-order valence-electron chi connectivity index (χ3n) is 3.45. The Labute approximate surface area is 141 Å². The van der Waals surface area contributed by atoms with E-state index in [0.717, 1.165) is 6.08 Å². The molecule has 0 fully saturated rings. The van der Waals surface area contributed by atoms with Gasteiger partial charge in [0.2, 0.25) is 0 Å². The van der Waals surface area contributed by atoms with Crippen molar-refractivity contribution >= 4 is 29.5 Å². The number of carbonyl (C=O) groups excluding carboxylic acids is 3. The molecule has 0 spiro atoms. The summed E-state index contributed by atoms with van der Waals surface area (Å²) in [5, 5.41) is 11.0. The molecule has 124 valence electrons. The third-order valence-corrected chi connectivity index (χ3v) is 3.45. The Bertz CT molecular complexity index is 882. The molecule has 0 saturated heterocycles. The lowest BCUT2D eigenvalue weighted by atomic mass is 10.1. The minimum atomic E-state index is -0.923. The van der Waals surface area contributed by atoms with Crippen LogP contribution in [-0.4, -0.2) is 27.8 Å². The van der Waals surface area contributed by atoms with Gasteiger partial charge in [0.25, 0.3) is 17.5 Å². The first kappa shape index (κ1) is 16.1. The van der Waals surface area contributed by atoms with E-state index in [0.29, 0.717) is 10.6 Å². The van der Waals surface area contributed by atoms with Crippen LogP contribution in [0.1, 0.15) is 26.3 Å². The number of nitro groups is 1. The third kappa shape index (κ3) is 3.13. The van der Waals surface area contributed by atoms with E-state index in [9.17, 15) is 24.5 Å². The van der Waals surface area contributed by atoms with E-state index in [1.807, 2.05) is 0 Å². The van der Waals surface area contributed by atoms with Crippen molar-refractivity contribution in [2.75, 3.05) is 0 Å². The number of hydrogen-bond acceptors (Lipinski definition) is 6. The zero-order valence-electron chi connectivity index (χ0n) is 12.6. The number of non-ortho nitro benzene ring substituents is 1. The highest BCUT2D eigenvalue weighted by Crippen LogP contribution is 2.22. The second kappa shape index (κ2) is 6.36. The SMILES string of the molecule is O=C(C=Cc1ccc([N+](=O)[O-])cc1)ON1C(=O)c2ccccc2C1=O. The molecule has 2 amide bonds. The van der Waals surface area contributed by atoms with Gasteiger partial charge in [-0.2, -0.15) is 0 Å². The molecule has 1 aliphatic rings. The van der Waals surface area contributed by atoms with Crippen LogP contribution in [-0.2, 0) is 9.63 Å². The lowest BCUT2D eigenvalue weighted by Gasteiger charge is -2.10. The number of nitrogens with zero attached hydrogens (tertiary/aromatic N) is 2. The molecular formula is C17H10N2O6. The highest BCUT2D eigenvalue weighted by atomic mass is 16.7. The van der Waals surface area contributed by atoms with E-state index in [1.165, 1.54) is 42.5 Å². The number of benzene rings is 2. The van der Waals surface area contributed by atoms with Gasteiger partial charge in [0.15, 0.2) is 0 Å². The largest absolute Gasteiger partial charge is 0.356 e. The summed E-state index contributed by atoms with van der Waals surface area (Å²) in [5.74, 6) is -2.34. The molecule has 0 N–H and O–H groups in total. The average molecular weight is 338 g/mol. The van der Waals surface area contributed by atoms with Crippen molar-refractivity contribution in [1.29, 1.82) is 0 Å². The Hall–Kier alpha value is -3.81. The number of hydroxylamine groups is 2. The Morgan fingerprint density at radius 2 is 1.56 bits per heavy atom. The second-order valence-corrected chi connectivity index (χ2v) is 5.04. The zero-order chi connectivity index (χ0) is 18.0. The Balaban J connectivity index is 1.68. The molecule has 2 aromatic rings. The van der Waals surface area contributed by atoms with E-state index < -0.39 is 22.7 Å². The summed E-state index contributed by atoms with van der Waals surface area (Å²) in [4.78, 5) is 50.8. The first-order chi connectivity index (χ1) is 12.0. The predicted molar refractivity (Wildman–Crippen MR) is 85.2 cm³/mol. The lowest BCUT2D eigenvalue weighted by Crippen LogP contribution is -2.32. The number of hydrogen-bond donors (Lipinski definition) is 0. The minimum Gasteiger partial charge on any atom is -0.325 e. The fraction of sp³-hybridized carbons (Fsp3) is 0. The summed E-state index contributed by atoms with van der Waals surface area (Å²) >= 11 is 0. The second-order valence-electron chi connectivity index (χ2n) is 5.04. The van der Waals surface area contributed by atoms with Crippen molar-refractivity contribution in [3.63, 3.8) is 0 Å². The molecule has 0 unspecified atom stereocenters. The Morgan fingerprint density at radius 1 is 1.00 bits per heavy atom. The van der Waals surface area contributed by atoms with Gasteiger partial charge in [-0.05, 0) is 35.9 Å². The maximum atomic E-state index is 12.1. The number of imide groups is 1. The van der Waals surface area contributed by atoms with E-state index >= 15 is 0 Å². The average Bonchev–Trinajstić information content (AvgIpc) is 2.86. The van der Waals surface area contributed by atoms with Crippen LogP contribution in [0.3, 0.4) is 0 Å². The first-order valence-electron chi connectivity index (χ1n) is 7.09. The Morgan fingerprint density at radius 3 is 2.08 bits per heavy atom. The van der Waals surface area contributed by atoms with Crippen LogP contribution >= 0.6 is 0 Å². The lowest BCUT2D eigenvalue weighted by molar-refractivity contribution is -0.384. The van der Waals surface area contributed by atoms with Crippen LogP contribution < -0.4 is 0 Å². The molecule has 3 rings (SSSR count). The van der Waals surface area contributed by atoms with Gasteiger partial charge in [0.05, 0.1) is 16.1 Å². The van der Waals surface area contributed by atoms with Crippen molar-refractivity contribution in [3.05, 3.63) is 81.4 Å². The van der Waals surface area contributed by atoms with Gasteiger partial charge in [-0.15, -0.1) is 0 Å². The van der Waals surface area contributed by atoms with Crippen molar-refractivity contribution in [2.24, 2.45) is 0 Å². The quantitative estimate of drug-likeness (QED) is 0.366. The van der Waals surface area contributed by atoms with Gasteiger partial charge in [-0.1, -0.05) is 17.2 Å². The van der Waals surface area contributed by atoms with Gasteiger partial charge >= 0.3 is 5.97 Å². The van der Waals surface area contributed by atoms with Crippen molar-refractivity contribution in [1.82, 2.24) is 5.06 Å². The monoisotopic (exact) mass is 338 g/mol. The van der Waals surface area contributed by atoms with Gasteiger partial charge in [-0.25, -0.2) is 4.79 Å². The smallest absolute Gasteiger partial charge is 0.325 e. The van der Waals surface area contributed by atoms with Crippen LogP contribution in [0.15, 0.2) is 54.6 Å². The standard InChI is InChI=1S/C17H10N2O6/c20-15(10-7-11-5-8-12(9-6-11)19(23)24)25-18-16(21)13-3-1-2-4-14(13)17(18)22/h1-10H. The zero-order valence-corrected chi connectivity index (χ0v) is 12.6. The van der Waals surface area contributed by atoms with E-state index in [2.05, 4.69) is 0 Å². The molecule has 0 saturated carbocycles. The number of amides is 2. The summed E-state index contributed by atoms with van der Waals surface area (Å²) in [5.41, 5.74) is 0.773. The molecule has 0 atom stereocenters. The molecule has 1 aliphatic heterocycles. The fourth-order valence-electron chi connectivity index (χ4n) is 2.24. The molecule has 2 aromatic carbocycles. The van der Waals surface area contributed by atoms with Gasteiger partial charge in [0.1, 0.15) is 0 Å². The fourth-order valence-corrected chi connectivity index (χ4v) is 2.24. The van der Waals surface area contributed by atoms with Crippen LogP contribution in [0.4, 0.5) is 5.69 Å². The highest BCUT2D eigenvalue weighted by molar-refractivity contribution is 6.21. The summed E-state index contributed by atoms with van der Waals surface area (Å²) in [6.07, 6.45) is 2.37. The minimum absolute atomic E-state index is 0.0780. The molecule has 0 aromatic heterocycles. The number of nitro benzene ring substituents is 1. The van der Waals surface area contributed by atoms with Crippen LogP contribution in [0.2, 0.25) is 0 Å². The predicted octanol–water partition coefficient (Wildman–Crippen LogP) is 2.36. The first-order valence-corrected chi connectivity index (χ1v) is 7.09. The van der Waals surface area contributed by atoms with Crippen molar-refractivity contribution in [3.8, 4) is 0 Å². The van der Waals surface area contributed by atoms with Crippen LogP contribution in [0, 0.1) is 10.1 Å². The number of carbonyl (C=O) groups is 3. The number of fused-ring (bicyclic) bond motifs is 1. The molecular weight excluding hydrogens is 328 g/mol. The summed E-state index contributed by atoms with van der Waals surface area (Å²) in [7, 11) is 0. The van der Waals surface area contributed by atoms with E-state index in [-0.39, 0.29) is 16.8 Å². The van der Waals surface area contributed by atoms with E-state index in [1.54, 1.807) is 12.1 Å². The molecule has 1 heterocycles. The summed E-state index contributed by atoms with van der Waals surface area (Å²) < 4.78 is 0. The van der Waals surface area contributed by atoms with Gasteiger partial charge in [0, 0.05) is 18.2 Å². The maximum Gasteiger partial charge on any atom is 0.356 e. The topological polar surface area (TPSA) is 107 Å². The summed E-state index contributed by atoms with van der Waals surface area (Å²) in [6.45, 7) is 0. The van der Waals surface area contributed by atoms with Gasteiger partial charge < -0.3 is 4.84 Å². The van der Waals surface area contributed by atoms with Crippen LogP contribution in [0.5, 0.6) is 0 Å². The molecule has 25 heavy (non-hydrogen) atoms. The molecule has 0 radical (unpaired) electrons. The normalized spacial score (nSPS) is 13.2. The Kier molecular flexibility index (Phi) is 4.09. The molecule has 8 heteroatoms. The molecule has 0 aliphatic carbocycles. The van der Waals surface area contributed by atoms with E-state index in [4.69, 9.17) is 4.84 Å². The number of rotatable bonds is 4.